The maximum absolute atomic E-state index is 11.2. The van der Waals surface area contributed by atoms with Gasteiger partial charge in [-0.1, -0.05) is 72.8 Å². The van der Waals surface area contributed by atoms with E-state index in [2.05, 4.69) is 48.8 Å². The van der Waals surface area contributed by atoms with Gasteiger partial charge in [0.15, 0.2) is 0 Å². The lowest BCUT2D eigenvalue weighted by Gasteiger charge is -2.23. The predicted molar refractivity (Wildman–Crippen MR) is 225 cm³/mol. The SMILES string of the molecule is COC(=O)CCCc1ccc(OCCN(c2ccccc2)c2ccccn2)cc1.O=C(O)CCCc1ccc(OCCN(c2ccccc2)c2ccccn2)cc1. The number of aryl methyl sites for hydroxylation is 2. The number of hydrogen-bond acceptors (Lipinski definition) is 9. The summed E-state index contributed by atoms with van der Waals surface area (Å²) in [4.78, 5) is 35.0. The van der Waals surface area contributed by atoms with E-state index >= 15 is 0 Å². The maximum Gasteiger partial charge on any atom is 0.305 e. The van der Waals surface area contributed by atoms with Crippen LogP contribution >= 0.6 is 0 Å². The van der Waals surface area contributed by atoms with E-state index in [1.807, 2.05) is 121 Å². The second-order valence-electron chi connectivity index (χ2n) is 13.0. The minimum atomic E-state index is -0.754. The molecule has 0 aliphatic heterocycles. The molecule has 4 aromatic carbocycles. The van der Waals surface area contributed by atoms with Gasteiger partial charge in [0, 0.05) is 36.6 Å². The van der Waals surface area contributed by atoms with Crippen LogP contribution in [0.25, 0.3) is 0 Å². The molecule has 6 aromatic rings. The molecular formula is C47H50N4O6. The Morgan fingerprint density at radius 3 is 1.35 bits per heavy atom. The van der Waals surface area contributed by atoms with Crippen LogP contribution in [-0.2, 0) is 27.2 Å². The summed E-state index contributed by atoms with van der Waals surface area (Å²) in [5.74, 6) is 2.48. The van der Waals surface area contributed by atoms with Gasteiger partial charge in [-0.15, -0.1) is 0 Å². The van der Waals surface area contributed by atoms with Gasteiger partial charge in [-0.2, -0.15) is 0 Å². The van der Waals surface area contributed by atoms with Crippen molar-refractivity contribution in [2.24, 2.45) is 0 Å². The Morgan fingerprint density at radius 2 is 0.965 bits per heavy atom. The van der Waals surface area contributed by atoms with Crippen LogP contribution in [0.2, 0.25) is 0 Å². The van der Waals surface area contributed by atoms with Gasteiger partial charge >= 0.3 is 11.9 Å². The molecule has 2 aromatic heterocycles. The molecule has 1 N–H and O–H groups in total. The van der Waals surface area contributed by atoms with Gasteiger partial charge in [-0.25, -0.2) is 9.97 Å². The summed E-state index contributed by atoms with van der Waals surface area (Å²) < 4.78 is 16.5. The van der Waals surface area contributed by atoms with Crippen molar-refractivity contribution in [3.63, 3.8) is 0 Å². The fourth-order valence-electron chi connectivity index (χ4n) is 5.99. The van der Waals surface area contributed by atoms with Crippen molar-refractivity contribution in [2.75, 3.05) is 43.2 Å². The normalized spacial score (nSPS) is 10.4. The summed E-state index contributed by atoms with van der Waals surface area (Å²) >= 11 is 0. The Balaban J connectivity index is 0.000000218. The smallest absolute Gasteiger partial charge is 0.305 e. The second kappa shape index (κ2) is 23.3. The van der Waals surface area contributed by atoms with E-state index in [1.54, 1.807) is 12.4 Å². The van der Waals surface area contributed by atoms with Crippen molar-refractivity contribution in [1.82, 2.24) is 9.97 Å². The Labute approximate surface area is 335 Å². The predicted octanol–water partition coefficient (Wildman–Crippen LogP) is 9.50. The van der Waals surface area contributed by atoms with E-state index in [4.69, 9.17) is 14.6 Å². The first-order valence-electron chi connectivity index (χ1n) is 19.2. The number of benzene rings is 4. The number of para-hydroxylation sites is 2. The number of pyridine rings is 2. The van der Waals surface area contributed by atoms with Crippen LogP contribution in [0.3, 0.4) is 0 Å². The Hall–Kier alpha value is -6.68. The molecule has 0 aliphatic rings. The zero-order valence-electron chi connectivity index (χ0n) is 32.4. The molecule has 0 aliphatic carbocycles. The third-order valence-corrected chi connectivity index (χ3v) is 8.93. The molecule has 294 valence electrons. The van der Waals surface area contributed by atoms with Crippen molar-refractivity contribution in [3.8, 4) is 11.5 Å². The molecule has 10 nitrogen and oxygen atoms in total. The summed E-state index contributed by atoms with van der Waals surface area (Å²) in [5, 5.41) is 8.71. The zero-order chi connectivity index (χ0) is 39.9. The number of rotatable bonds is 20. The van der Waals surface area contributed by atoms with Crippen molar-refractivity contribution < 1.29 is 28.9 Å². The third kappa shape index (κ3) is 14.5. The lowest BCUT2D eigenvalue weighted by molar-refractivity contribution is -0.140. The number of hydrogen-bond donors (Lipinski definition) is 1. The van der Waals surface area contributed by atoms with E-state index in [1.165, 1.54) is 12.7 Å². The van der Waals surface area contributed by atoms with Gasteiger partial charge in [-0.3, -0.25) is 9.59 Å². The van der Waals surface area contributed by atoms with Crippen LogP contribution < -0.4 is 19.3 Å². The van der Waals surface area contributed by atoms with Crippen molar-refractivity contribution in [1.29, 1.82) is 0 Å². The molecule has 0 unspecified atom stereocenters. The minimum Gasteiger partial charge on any atom is -0.492 e. The number of carbonyl (C=O) groups excluding carboxylic acids is 1. The molecule has 10 heteroatoms. The highest BCUT2D eigenvalue weighted by Crippen LogP contribution is 2.24. The molecule has 6 rings (SSSR count). The summed E-state index contributed by atoms with van der Waals surface area (Å²) in [6, 6.07) is 47.9. The van der Waals surface area contributed by atoms with Gasteiger partial charge < -0.3 is 29.1 Å². The topological polar surface area (TPSA) is 114 Å². The molecule has 0 fully saturated rings. The molecule has 0 saturated carbocycles. The number of anilines is 4. The van der Waals surface area contributed by atoms with Crippen LogP contribution in [0.1, 0.15) is 36.8 Å². The van der Waals surface area contributed by atoms with Gasteiger partial charge in [0.1, 0.15) is 36.3 Å². The number of methoxy groups -OCH3 is 1. The Kier molecular flexibility index (Phi) is 16.9. The van der Waals surface area contributed by atoms with E-state index in [-0.39, 0.29) is 12.4 Å². The van der Waals surface area contributed by atoms with Crippen molar-refractivity contribution in [3.05, 3.63) is 169 Å². The fraction of sp³-hybridized carbons (Fsp3) is 0.234. The van der Waals surface area contributed by atoms with Gasteiger partial charge in [0.2, 0.25) is 0 Å². The fourth-order valence-corrected chi connectivity index (χ4v) is 5.99. The first-order chi connectivity index (χ1) is 28.0. The second-order valence-corrected chi connectivity index (χ2v) is 13.0. The van der Waals surface area contributed by atoms with Crippen LogP contribution in [0.15, 0.2) is 158 Å². The van der Waals surface area contributed by atoms with Crippen LogP contribution in [0.5, 0.6) is 11.5 Å². The average Bonchev–Trinajstić information content (AvgIpc) is 3.26. The number of aliphatic carboxylic acids is 1. The first kappa shape index (κ1) is 41.5. The molecule has 0 atom stereocenters. The molecule has 0 bridgehead atoms. The minimum absolute atomic E-state index is 0.166. The summed E-state index contributed by atoms with van der Waals surface area (Å²) in [7, 11) is 1.42. The maximum atomic E-state index is 11.2. The molecule has 2 heterocycles. The number of esters is 1. The highest BCUT2D eigenvalue weighted by molar-refractivity contribution is 5.69. The highest BCUT2D eigenvalue weighted by Gasteiger charge is 2.12. The van der Waals surface area contributed by atoms with Gasteiger partial charge in [0.25, 0.3) is 0 Å². The Bertz CT molecular complexity index is 1940. The molecule has 0 spiro atoms. The average molecular weight is 767 g/mol. The van der Waals surface area contributed by atoms with Crippen LogP contribution in [-0.4, -0.2) is 60.4 Å². The standard InChI is InChI=1S/C24H26N2O3.C23H24N2O3/c1-28-24(27)12-7-8-20-13-15-22(16-14-20)29-19-18-26(21-9-3-2-4-10-21)23-11-5-6-17-25-23;26-23(27)11-6-7-19-12-14-21(15-13-19)28-18-17-25(20-8-2-1-3-9-20)22-10-4-5-16-24-22/h2-6,9-11,13-17H,7-8,12,18-19H2,1H3;1-5,8-10,12-16H,6-7,11,17-18H2,(H,26,27). The van der Waals surface area contributed by atoms with Gasteiger partial charge in [0.05, 0.1) is 20.2 Å². The van der Waals surface area contributed by atoms with E-state index < -0.39 is 5.97 Å². The number of carboxylic acids is 1. The van der Waals surface area contributed by atoms with Crippen molar-refractivity contribution in [2.45, 2.75) is 38.5 Å². The van der Waals surface area contributed by atoms with Crippen molar-refractivity contribution >= 4 is 34.9 Å². The Morgan fingerprint density at radius 1 is 0.544 bits per heavy atom. The van der Waals surface area contributed by atoms with Gasteiger partial charge in [-0.05, 0) is 110 Å². The highest BCUT2D eigenvalue weighted by atomic mass is 16.5. The summed E-state index contributed by atoms with van der Waals surface area (Å²) in [6.45, 7) is 2.40. The molecule has 0 saturated heterocycles. The number of aromatic nitrogens is 2. The number of nitrogens with zero attached hydrogens (tertiary/aromatic N) is 4. The van der Waals surface area contributed by atoms with Crippen LogP contribution in [0.4, 0.5) is 23.0 Å². The summed E-state index contributed by atoms with van der Waals surface area (Å²) in [5.41, 5.74) is 4.45. The largest absolute Gasteiger partial charge is 0.492 e. The third-order valence-electron chi connectivity index (χ3n) is 8.93. The van der Waals surface area contributed by atoms with E-state index in [0.717, 1.165) is 59.3 Å². The number of ether oxygens (including phenoxy) is 3. The van der Waals surface area contributed by atoms with Crippen LogP contribution in [0, 0.1) is 0 Å². The zero-order valence-corrected chi connectivity index (χ0v) is 32.4. The summed E-state index contributed by atoms with van der Waals surface area (Å²) in [6.07, 6.45) is 7.25. The van der Waals surface area contributed by atoms with E-state index in [0.29, 0.717) is 39.1 Å². The first-order valence-corrected chi connectivity index (χ1v) is 19.2. The quantitative estimate of drug-likeness (QED) is 0.0754. The lowest BCUT2D eigenvalue weighted by Crippen LogP contribution is -2.24. The number of carbonyl (C=O) groups is 2. The molecule has 57 heavy (non-hydrogen) atoms. The molecular weight excluding hydrogens is 717 g/mol. The molecule has 0 amide bonds. The van der Waals surface area contributed by atoms with E-state index in [9.17, 15) is 9.59 Å². The lowest BCUT2D eigenvalue weighted by atomic mass is 10.1. The monoisotopic (exact) mass is 766 g/mol. The number of carboxylic acid groups (broad SMARTS) is 1. The molecule has 0 radical (unpaired) electrons.